The van der Waals surface area contributed by atoms with E-state index in [2.05, 4.69) is 26.4 Å². The van der Waals surface area contributed by atoms with Crippen LogP contribution in [0.3, 0.4) is 0 Å². The highest BCUT2D eigenvalue weighted by Crippen LogP contribution is 2.21. The summed E-state index contributed by atoms with van der Waals surface area (Å²) in [6.45, 7) is 0.412. The first-order valence-electron chi connectivity index (χ1n) is 4.21. The molecule has 0 saturated carbocycles. The van der Waals surface area contributed by atoms with Crippen LogP contribution in [0.1, 0.15) is 5.56 Å². The quantitative estimate of drug-likeness (QED) is 0.808. The van der Waals surface area contributed by atoms with E-state index in [0.717, 1.165) is 20.9 Å². The van der Waals surface area contributed by atoms with Gasteiger partial charge in [-0.2, -0.15) is 0 Å². The standard InChI is InChI=1S/C10H9BrN2O/c11-9-3-1-2-8-4-7(6-13-14)5-12-10(8)9/h1-5,13-14H,6H2. The summed E-state index contributed by atoms with van der Waals surface area (Å²) in [6, 6.07) is 7.91. The first-order chi connectivity index (χ1) is 6.81. The third-order valence-electron chi connectivity index (χ3n) is 2.00. The van der Waals surface area contributed by atoms with E-state index in [9.17, 15) is 0 Å². The van der Waals surface area contributed by atoms with Crippen LogP contribution in [0, 0.1) is 0 Å². The fourth-order valence-corrected chi connectivity index (χ4v) is 1.84. The maximum Gasteiger partial charge on any atom is 0.0844 e. The zero-order valence-electron chi connectivity index (χ0n) is 7.37. The van der Waals surface area contributed by atoms with E-state index in [1.807, 2.05) is 24.3 Å². The van der Waals surface area contributed by atoms with Crippen LogP contribution in [0.5, 0.6) is 0 Å². The molecule has 4 heteroatoms. The summed E-state index contributed by atoms with van der Waals surface area (Å²) in [5.41, 5.74) is 4.01. The highest BCUT2D eigenvalue weighted by molar-refractivity contribution is 9.10. The molecule has 2 aromatic rings. The lowest BCUT2D eigenvalue weighted by Gasteiger charge is -2.02. The van der Waals surface area contributed by atoms with Crippen molar-refractivity contribution in [3.63, 3.8) is 0 Å². The molecule has 72 valence electrons. The number of nitrogens with zero attached hydrogens (tertiary/aromatic N) is 1. The van der Waals surface area contributed by atoms with Gasteiger partial charge in [-0.15, -0.1) is 0 Å². The molecule has 1 heterocycles. The number of hydroxylamine groups is 1. The van der Waals surface area contributed by atoms with Crippen molar-refractivity contribution in [3.8, 4) is 0 Å². The van der Waals surface area contributed by atoms with E-state index in [1.165, 1.54) is 0 Å². The number of benzene rings is 1. The zero-order valence-corrected chi connectivity index (χ0v) is 8.95. The van der Waals surface area contributed by atoms with E-state index in [0.29, 0.717) is 6.54 Å². The van der Waals surface area contributed by atoms with Crippen LogP contribution in [0.4, 0.5) is 0 Å². The normalized spacial score (nSPS) is 10.7. The number of nitrogens with one attached hydrogen (secondary N) is 1. The fourth-order valence-electron chi connectivity index (χ4n) is 1.36. The van der Waals surface area contributed by atoms with Crippen molar-refractivity contribution in [2.75, 3.05) is 0 Å². The number of fused-ring (bicyclic) bond motifs is 1. The van der Waals surface area contributed by atoms with Crippen molar-refractivity contribution >= 4 is 26.8 Å². The molecule has 0 spiro atoms. The van der Waals surface area contributed by atoms with Crippen molar-refractivity contribution in [2.45, 2.75) is 6.54 Å². The van der Waals surface area contributed by atoms with Crippen LogP contribution in [-0.2, 0) is 6.54 Å². The van der Waals surface area contributed by atoms with Crippen molar-refractivity contribution in [1.29, 1.82) is 0 Å². The summed E-state index contributed by atoms with van der Waals surface area (Å²) >= 11 is 3.43. The molecule has 1 aromatic carbocycles. The van der Waals surface area contributed by atoms with Crippen molar-refractivity contribution in [2.24, 2.45) is 0 Å². The molecule has 0 fully saturated rings. The molecule has 2 N–H and O–H groups in total. The number of pyridine rings is 1. The first kappa shape index (κ1) is 9.58. The van der Waals surface area contributed by atoms with Gasteiger partial charge in [-0.3, -0.25) is 4.98 Å². The Labute approximate surface area is 89.9 Å². The lowest BCUT2D eigenvalue weighted by atomic mass is 10.1. The molecule has 1 aromatic heterocycles. The molecular formula is C10H9BrN2O. The van der Waals surface area contributed by atoms with E-state index in [4.69, 9.17) is 5.21 Å². The monoisotopic (exact) mass is 252 g/mol. The second-order valence-corrected chi connectivity index (χ2v) is 3.84. The summed E-state index contributed by atoms with van der Waals surface area (Å²) in [5.74, 6) is 0. The molecule has 0 atom stereocenters. The third kappa shape index (κ3) is 1.77. The minimum absolute atomic E-state index is 0.412. The first-order valence-corrected chi connectivity index (χ1v) is 5.00. The van der Waals surface area contributed by atoms with Gasteiger partial charge in [0.2, 0.25) is 0 Å². The number of halogens is 1. The highest BCUT2D eigenvalue weighted by atomic mass is 79.9. The van der Waals surface area contributed by atoms with Crippen molar-refractivity contribution in [1.82, 2.24) is 10.5 Å². The van der Waals surface area contributed by atoms with Gasteiger partial charge in [-0.05, 0) is 33.6 Å². The molecule has 3 nitrogen and oxygen atoms in total. The van der Waals surface area contributed by atoms with Crippen molar-refractivity contribution < 1.29 is 5.21 Å². The molecule has 14 heavy (non-hydrogen) atoms. The molecule has 0 radical (unpaired) electrons. The summed E-state index contributed by atoms with van der Waals surface area (Å²) in [4.78, 5) is 4.30. The number of rotatable bonds is 2. The molecule has 0 aliphatic carbocycles. The smallest absolute Gasteiger partial charge is 0.0844 e. The molecule has 0 aliphatic heterocycles. The van der Waals surface area contributed by atoms with Gasteiger partial charge in [-0.1, -0.05) is 12.1 Å². The Bertz CT molecular complexity index is 459. The molecule has 2 rings (SSSR count). The Morgan fingerprint density at radius 1 is 1.43 bits per heavy atom. The van der Waals surface area contributed by atoms with Crippen LogP contribution in [0.15, 0.2) is 34.9 Å². The number of para-hydroxylation sites is 1. The summed E-state index contributed by atoms with van der Waals surface area (Å²) in [6.07, 6.45) is 1.75. The van der Waals surface area contributed by atoms with E-state index < -0.39 is 0 Å². The third-order valence-corrected chi connectivity index (χ3v) is 2.64. The van der Waals surface area contributed by atoms with Gasteiger partial charge >= 0.3 is 0 Å². The topological polar surface area (TPSA) is 45.1 Å². The van der Waals surface area contributed by atoms with Crippen LogP contribution >= 0.6 is 15.9 Å². The second kappa shape index (κ2) is 4.04. The number of hydrogen-bond acceptors (Lipinski definition) is 3. The van der Waals surface area contributed by atoms with Gasteiger partial charge < -0.3 is 5.21 Å². The van der Waals surface area contributed by atoms with Crippen LogP contribution in [0.25, 0.3) is 10.9 Å². The molecule has 0 unspecified atom stereocenters. The molecule has 0 saturated heterocycles. The van der Waals surface area contributed by atoms with Crippen LogP contribution < -0.4 is 5.48 Å². The molecule has 0 amide bonds. The van der Waals surface area contributed by atoms with Gasteiger partial charge in [0, 0.05) is 22.6 Å². The van der Waals surface area contributed by atoms with Gasteiger partial charge in [0.15, 0.2) is 0 Å². The van der Waals surface area contributed by atoms with Gasteiger partial charge in [-0.25, -0.2) is 5.48 Å². The van der Waals surface area contributed by atoms with Gasteiger partial charge in [0.25, 0.3) is 0 Å². The minimum atomic E-state index is 0.412. The molecular weight excluding hydrogens is 244 g/mol. The summed E-state index contributed by atoms with van der Waals surface area (Å²) < 4.78 is 0.985. The Balaban J connectivity index is 2.56. The summed E-state index contributed by atoms with van der Waals surface area (Å²) in [5, 5.41) is 9.62. The molecule has 0 aliphatic rings. The largest absolute Gasteiger partial charge is 0.316 e. The second-order valence-electron chi connectivity index (χ2n) is 2.99. The van der Waals surface area contributed by atoms with E-state index in [-0.39, 0.29) is 0 Å². The predicted octanol–water partition coefficient (Wildman–Crippen LogP) is 2.48. The Hall–Kier alpha value is -0.970. The zero-order chi connectivity index (χ0) is 9.97. The maximum absolute atomic E-state index is 8.56. The van der Waals surface area contributed by atoms with E-state index in [1.54, 1.807) is 6.20 Å². The molecule has 0 bridgehead atoms. The number of hydrogen-bond donors (Lipinski definition) is 2. The minimum Gasteiger partial charge on any atom is -0.316 e. The SMILES string of the molecule is ONCc1cnc2c(Br)cccc2c1. The average molecular weight is 253 g/mol. The lowest BCUT2D eigenvalue weighted by molar-refractivity contribution is 0.161. The number of aromatic nitrogens is 1. The highest BCUT2D eigenvalue weighted by Gasteiger charge is 2.00. The Morgan fingerprint density at radius 3 is 3.07 bits per heavy atom. The maximum atomic E-state index is 8.56. The Morgan fingerprint density at radius 2 is 2.29 bits per heavy atom. The van der Waals surface area contributed by atoms with Crippen LogP contribution in [0.2, 0.25) is 0 Å². The lowest BCUT2D eigenvalue weighted by Crippen LogP contribution is -2.06. The fraction of sp³-hybridized carbons (Fsp3) is 0.100. The van der Waals surface area contributed by atoms with Crippen molar-refractivity contribution in [3.05, 3.63) is 40.5 Å². The summed E-state index contributed by atoms with van der Waals surface area (Å²) in [7, 11) is 0. The predicted molar refractivity (Wildman–Crippen MR) is 58.1 cm³/mol. The van der Waals surface area contributed by atoms with Gasteiger partial charge in [0.05, 0.1) is 5.52 Å². The Kier molecular flexibility index (Phi) is 2.77. The average Bonchev–Trinajstić information content (AvgIpc) is 2.18. The van der Waals surface area contributed by atoms with Gasteiger partial charge in [0.1, 0.15) is 0 Å². The van der Waals surface area contributed by atoms with E-state index >= 15 is 0 Å². The van der Waals surface area contributed by atoms with Crippen LogP contribution in [-0.4, -0.2) is 10.2 Å².